The molecule has 2 N–H and O–H groups in total. The molecule has 0 aliphatic carbocycles. The van der Waals surface area contributed by atoms with Gasteiger partial charge in [0.1, 0.15) is 5.82 Å². The van der Waals surface area contributed by atoms with E-state index in [-0.39, 0.29) is 11.4 Å². The number of carbonyl (C=O) groups is 1. The van der Waals surface area contributed by atoms with Crippen LogP contribution in [-0.4, -0.2) is 11.1 Å². The maximum atomic E-state index is 13.3. The lowest BCUT2D eigenvalue weighted by molar-refractivity contribution is 0.0697. The van der Waals surface area contributed by atoms with Gasteiger partial charge in [0.05, 0.1) is 5.56 Å². The average Bonchev–Trinajstić information content (AvgIpc) is 2.36. The number of hydrogen-bond donors (Lipinski definition) is 2. The van der Waals surface area contributed by atoms with Gasteiger partial charge < -0.3 is 10.4 Å². The minimum absolute atomic E-state index is 0.219. The number of carboxylic acid groups (broad SMARTS) is 1. The van der Waals surface area contributed by atoms with Crippen LogP contribution in [0.15, 0.2) is 42.5 Å². The molecule has 4 heteroatoms. The van der Waals surface area contributed by atoms with Crippen molar-refractivity contribution in [3.8, 4) is 0 Å². The van der Waals surface area contributed by atoms with Crippen LogP contribution in [0.4, 0.5) is 15.8 Å². The summed E-state index contributed by atoms with van der Waals surface area (Å²) in [5.41, 5.74) is 2.13. The van der Waals surface area contributed by atoms with Gasteiger partial charge in [0.2, 0.25) is 0 Å². The van der Waals surface area contributed by atoms with Gasteiger partial charge in [-0.1, -0.05) is 6.07 Å². The van der Waals surface area contributed by atoms with Crippen LogP contribution in [0.3, 0.4) is 0 Å². The molecule has 0 heterocycles. The third-order valence-corrected chi connectivity index (χ3v) is 2.68. The largest absolute Gasteiger partial charge is 0.478 e. The van der Waals surface area contributed by atoms with Gasteiger partial charge in [0.25, 0.3) is 0 Å². The molecule has 0 aliphatic heterocycles. The Morgan fingerprint density at radius 3 is 2.44 bits per heavy atom. The number of carboxylic acids is 1. The Kier molecular flexibility index (Phi) is 3.28. The molecule has 2 rings (SSSR count). The predicted molar refractivity (Wildman–Crippen MR) is 67.8 cm³/mol. The Labute approximate surface area is 104 Å². The summed E-state index contributed by atoms with van der Waals surface area (Å²) < 4.78 is 13.3. The second kappa shape index (κ2) is 4.87. The molecule has 0 atom stereocenters. The van der Waals surface area contributed by atoms with E-state index >= 15 is 0 Å². The Morgan fingerprint density at radius 1 is 1.17 bits per heavy atom. The molecule has 0 saturated carbocycles. The van der Waals surface area contributed by atoms with E-state index in [2.05, 4.69) is 5.32 Å². The van der Waals surface area contributed by atoms with Gasteiger partial charge in [-0.2, -0.15) is 0 Å². The molecule has 0 saturated heterocycles. The van der Waals surface area contributed by atoms with Crippen molar-refractivity contribution < 1.29 is 14.3 Å². The van der Waals surface area contributed by atoms with Crippen LogP contribution >= 0.6 is 0 Å². The Morgan fingerprint density at radius 2 is 1.83 bits per heavy atom. The van der Waals surface area contributed by atoms with Crippen molar-refractivity contribution in [3.63, 3.8) is 0 Å². The Bertz CT molecular complexity index is 579. The SMILES string of the molecule is Cc1c(F)cccc1Nc1ccc(C(=O)O)cc1. The van der Waals surface area contributed by atoms with E-state index in [1.54, 1.807) is 31.2 Å². The number of halogens is 1. The van der Waals surface area contributed by atoms with Crippen LogP contribution in [0, 0.1) is 12.7 Å². The minimum atomic E-state index is -0.969. The molecule has 0 unspecified atom stereocenters. The smallest absolute Gasteiger partial charge is 0.335 e. The number of aromatic carboxylic acids is 1. The van der Waals surface area contributed by atoms with E-state index in [9.17, 15) is 9.18 Å². The molecular weight excluding hydrogens is 233 g/mol. The Hall–Kier alpha value is -2.36. The molecule has 0 aromatic heterocycles. The van der Waals surface area contributed by atoms with Crippen LogP contribution in [0.1, 0.15) is 15.9 Å². The highest BCUT2D eigenvalue weighted by Crippen LogP contribution is 2.22. The summed E-state index contributed by atoms with van der Waals surface area (Å²) in [6.45, 7) is 1.68. The van der Waals surface area contributed by atoms with Crippen LogP contribution in [-0.2, 0) is 0 Å². The van der Waals surface area contributed by atoms with Crippen LogP contribution in [0.2, 0.25) is 0 Å². The molecule has 0 spiro atoms. The van der Waals surface area contributed by atoms with Crippen molar-refractivity contribution in [1.82, 2.24) is 0 Å². The topological polar surface area (TPSA) is 49.3 Å². The first-order chi connectivity index (χ1) is 8.58. The van der Waals surface area contributed by atoms with Crippen molar-refractivity contribution in [2.24, 2.45) is 0 Å². The van der Waals surface area contributed by atoms with Gasteiger partial charge in [0.15, 0.2) is 0 Å². The molecule has 18 heavy (non-hydrogen) atoms. The van der Waals surface area contributed by atoms with Gasteiger partial charge in [-0.05, 0) is 43.3 Å². The second-order valence-electron chi connectivity index (χ2n) is 3.92. The molecule has 0 fully saturated rings. The number of hydrogen-bond acceptors (Lipinski definition) is 2. The first-order valence-corrected chi connectivity index (χ1v) is 5.43. The van der Waals surface area contributed by atoms with Crippen LogP contribution in [0.25, 0.3) is 0 Å². The lowest BCUT2D eigenvalue weighted by Crippen LogP contribution is -1.98. The van der Waals surface area contributed by atoms with Crippen LogP contribution in [0.5, 0.6) is 0 Å². The van der Waals surface area contributed by atoms with Crippen molar-refractivity contribution >= 4 is 17.3 Å². The van der Waals surface area contributed by atoms with Crippen molar-refractivity contribution in [2.75, 3.05) is 5.32 Å². The standard InChI is InChI=1S/C14H12FNO2/c1-9-12(15)3-2-4-13(9)16-11-7-5-10(6-8-11)14(17)18/h2-8,16H,1H3,(H,17,18). The molecule has 0 amide bonds. The number of anilines is 2. The van der Waals surface area contributed by atoms with E-state index in [4.69, 9.17) is 5.11 Å². The highest BCUT2D eigenvalue weighted by Gasteiger charge is 2.05. The lowest BCUT2D eigenvalue weighted by Gasteiger charge is -2.10. The first kappa shape index (κ1) is 12.1. The highest BCUT2D eigenvalue weighted by atomic mass is 19.1. The fraction of sp³-hybridized carbons (Fsp3) is 0.0714. The third-order valence-electron chi connectivity index (χ3n) is 2.68. The zero-order valence-electron chi connectivity index (χ0n) is 9.77. The summed E-state index contributed by atoms with van der Waals surface area (Å²) in [5, 5.41) is 11.8. The van der Waals surface area contributed by atoms with E-state index in [1.165, 1.54) is 18.2 Å². The summed E-state index contributed by atoms with van der Waals surface area (Å²) in [6, 6.07) is 11.1. The lowest BCUT2D eigenvalue weighted by atomic mass is 10.1. The molecule has 2 aromatic carbocycles. The third kappa shape index (κ3) is 2.48. The van der Waals surface area contributed by atoms with E-state index < -0.39 is 5.97 Å². The normalized spacial score (nSPS) is 10.1. The van der Waals surface area contributed by atoms with Gasteiger partial charge in [0, 0.05) is 16.9 Å². The molecule has 2 aromatic rings. The molecule has 3 nitrogen and oxygen atoms in total. The monoisotopic (exact) mass is 245 g/mol. The van der Waals surface area contributed by atoms with E-state index in [1.807, 2.05) is 0 Å². The maximum Gasteiger partial charge on any atom is 0.335 e. The van der Waals surface area contributed by atoms with E-state index in [0.717, 1.165) is 0 Å². The summed E-state index contributed by atoms with van der Waals surface area (Å²) in [5.74, 6) is -1.24. The van der Waals surface area contributed by atoms with Crippen molar-refractivity contribution in [2.45, 2.75) is 6.92 Å². The van der Waals surface area contributed by atoms with Gasteiger partial charge in [-0.25, -0.2) is 9.18 Å². The fourth-order valence-corrected chi connectivity index (χ4v) is 1.59. The predicted octanol–water partition coefficient (Wildman–Crippen LogP) is 3.58. The average molecular weight is 245 g/mol. The second-order valence-corrected chi connectivity index (χ2v) is 3.92. The number of nitrogens with one attached hydrogen (secondary N) is 1. The maximum absolute atomic E-state index is 13.3. The molecular formula is C14H12FNO2. The summed E-state index contributed by atoms with van der Waals surface area (Å²) in [6.07, 6.45) is 0. The first-order valence-electron chi connectivity index (χ1n) is 5.43. The highest BCUT2D eigenvalue weighted by molar-refractivity contribution is 5.88. The van der Waals surface area contributed by atoms with E-state index in [0.29, 0.717) is 16.9 Å². The van der Waals surface area contributed by atoms with Crippen LogP contribution < -0.4 is 5.32 Å². The summed E-state index contributed by atoms with van der Waals surface area (Å²) in [7, 11) is 0. The zero-order chi connectivity index (χ0) is 13.1. The fourth-order valence-electron chi connectivity index (χ4n) is 1.59. The van der Waals surface area contributed by atoms with Crippen molar-refractivity contribution in [3.05, 3.63) is 59.4 Å². The molecule has 92 valence electrons. The molecule has 0 radical (unpaired) electrons. The van der Waals surface area contributed by atoms with Gasteiger partial charge >= 0.3 is 5.97 Å². The molecule has 0 bridgehead atoms. The van der Waals surface area contributed by atoms with Crippen molar-refractivity contribution in [1.29, 1.82) is 0 Å². The summed E-state index contributed by atoms with van der Waals surface area (Å²) >= 11 is 0. The number of rotatable bonds is 3. The minimum Gasteiger partial charge on any atom is -0.478 e. The van der Waals surface area contributed by atoms with Gasteiger partial charge in [-0.15, -0.1) is 0 Å². The van der Waals surface area contributed by atoms with Gasteiger partial charge in [-0.3, -0.25) is 0 Å². The Balaban J connectivity index is 2.24. The molecule has 0 aliphatic rings. The zero-order valence-corrected chi connectivity index (χ0v) is 9.77. The number of benzene rings is 2. The summed E-state index contributed by atoms with van der Waals surface area (Å²) in [4.78, 5) is 10.7. The quantitative estimate of drug-likeness (QED) is 0.869.